The molecule has 1 aromatic carbocycles. The lowest BCUT2D eigenvalue weighted by Gasteiger charge is -2.38. The molecule has 3 aliphatic heterocycles. The van der Waals surface area contributed by atoms with Crippen molar-refractivity contribution in [3.8, 4) is 0 Å². The number of likely N-dealkylation sites (tertiary alicyclic amines) is 1. The molecule has 164 valence electrons. The van der Waals surface area contributed by atoms with Crippen LogP contribution in [0.2, 0.25) is 5.02 Å². The predicted molar refractivity (Wildman–Crippen MR) is 114 cm³/mol. The number of fused-ring (bicyclic) bond motifs is 3. The summed E-state index contributed by atoms with van der Waals surface area (Å²) < 4.78 is 15.2. The van der Waals surface area contributed by atoms with Crippen molar-refractivity contribution < 1.29 is 14.0 Å². The summed E-state index contributed by atoms with van der Waals surface area (Å²) in [7, 11) is 1.83. The molecule has 1 saturated heterocycles. The normalized spacial score (nSPS) is 21.3. The van der Waals surface area contributed by atoms with Gasteiger partial charge in [-0.1, -0.05) is 11.6 Å². The number of anilines is 1. The molecule has 4 heterocycles. The van der Waals surface area contributed by atoms with E-state index in [4.69, 9.17) is 16.7 Å². The molecule has 0 saturated carbocycles. The van der Waals surface area contributed by atoms with Crippen molar-refractivity contribution >= 4 is 29.2 Å². The van der Waals surface area contributed by atoms with Crippen molar-refractivity contribution in [2.75, 3.05) is 38.5 Å². The van der Waals surface area contributed by atoms with Crippen LogP contribution in [0.4, 0.5) is 14.9 Å². The molecule has 0 aliphatic carbocycles. The number of carbonyl (C=O) groups excluding carboxylic acids is 2. The van der Waals surface area contributed by atoms with Crippen molar-refractivity contribution in [1.29, 1.82) is 0 Å². The molecule has 31 heavy (non-hydrogen) atoms. The van der Waals surface area contributed by atoms with Gasteiger partial charge in [0.25, 0.3) is 5.91 Å². The van der Waals surface area contributed by atoms with E-state index in [2.05, 4.69) is 10.2 Å². The third kappa shape index (κ3) is 3.65. The van der Waals surface area contributed by atoms with Gasteiger partial charge in [-0.15, -0.1) is 0 Å². The van der Waals surface area contributed by atoms with Crippen LogP contribution < -0.4 is 5.32 Å². The van der Waals surface area contributed by atoms with E-state index in [1.807, 2.05) is 11.7 Å². The number of benzene rings is 1. The molecule has 0 spiro atoms. The molecule has 10 heteroatoms. The Morgan fingerprint density at radius 3 is 2.77 bits per heavy atom. The van der Waals surface area contributed by atoms with Gasteiger partial charge in [-0.25, -0.2) is 9.18 Å². The topological polar surface area (TPSA) is 73.7 Å². The molecule has 1 unspecified atom stereocenters. The Kier molecular flexibility index (Phi) is 5.10. The van der Waals surface area contributed by atoms with Crippen molar-refractivity contribution in [1.82, 2.24) is 24.5 Å². The summed E-state index contributed by atoms with van der Waals surface area (Å²) in [5.41, 5.74) is 2.71. The Morgan fingerprint density at radius 2 is 2.06 bits per heavy atom. The summed E-state index contributed by atoms with van der Waals surface area (Å²) in [6.45, 7) is 4.27. The van der Waals surface area contributed by atoms with Gasteiger partial charge in [0.1, 0.15) is 11.5 Å². The maximum atomic E-state index is 13.4. The lowest BCUT2D eigenvalue weighted by atomic mass is 10.0. The minimum absolute atomic E-state index is 0.0499. The Labute approximate surface area is 184 Å². The largest absolute Gasteiger partial charge is 0.339 e. The minimum atomic E-state index is -0.538. The minimum Gasteiger partial charge on any atom is -0.339 e. The summed E-state index contributed by atoms with van der Waals surface area (Å²) >= 11 is 5.81. The van der Waals surface area contributed by atoms with Crippen LogP contribution in [0.15, 0.2) is 18.2 Å². The Morgan fingerprint density at radius 1 is 1.26 bits per heavy atom. The van der Waals surface area contributed by atoms with Gasteiger partial charge in [0, 0.05) is 43.9 Å². The third-order valence-electron chi connectivity index (χ3n) is 6.38. The van der Waals surface area contributed by atoms with E-state index >= 15 is 0 Å². The van der Waals surface area contributed by atoms with Crippen molar-refractivity contribution in [2.24, 2.45) is 0 Å². The van der Waals surface area contributed by atoms with Crippen LogP contribution in [0.3, 0.4) is 0 Å². The fraction of sp³-hybridized carbons (Fsp3) is 0.476. The SMILES string of the molecule is CN1CC(N2CCC2)Cn2nc3c(c2C1=O)CN(C(=O)Nc1ccc(F)c(Cl)c1)CC3. The number of nitrogens with one attached hydrogen (secondary N) is 1. The highest BCUT2D eigenvalue weighted by Crippen LogP contribution is 2.28. The van der Waals surface area contributed by atoms with Crippen LogP contribution in [0.5, 0.6) is 0 Å². The summed E-state index contributed by atoms with van der Waals surface area (Å²) in [4.78, 5) is 31.8. The number of nitrogens with zero attached hydrogens (tertiary/aromatic N) is 5. The number of urea groups is 1. The number of hydrogen-bond donors (Lipinski definition) is 1. The van der Waals surface area contributed by atoms with Crippen LogP contribution in [-0.4, -0.2) is 75.7 Å². The first-order valence-corrected chi connectivity index (χ1v) is 10.9. The quantitative estimate of drug-likeness (QED) is 0.769. The number of rotatable bonds is 2. The first kappa shape index (κ1) is 20.3. The van der Waals surface area contributed by atoms with Crippen LogP contribution in [0.25, 0.3) is 0 Å². The van der Waals surface area contributed by atoms with Crippen LogP contribution in [0, 0.1) is 5.82 Å². The van der Waals surface area contributed by atoms with E-state index in [1.165, 1.54) is 24.6 Å². The second-order valence-corrected chi connectivity index (χ2v) is 8.82. The molecule has 1 atom stereocenters. The van der Waals surface area contributed by atoms with Crippen molar-refractivity contribution in [3.05, 3.63) is 46.0 Å². The van der Waals surface area contributed by atoms with E-state index in [9.17, 15) is 14.0 Å². The molecule has 8 nitrogen and oxygen atoms in total. The van der Waals surface area contributed by atoms with Gasteiger partial charge in [-0.3, -0.25) is 14.4 Å². The van der Waals surface area contributed by atoms with Crippen LogP contribution in [-0.2, 0) is 19.5 Å². The van der Waals surface area contributed by atoms with Gasteiger partial charge in [0.2, 0.25) is 0 Å². The number of hydrogen-bond acceptors (Lipinski definition) is 4. The van der Waals surface area contributed by atoms with E-state index in [1.54, 1.807) is 9.80 Å². The highest BCUT2D eigenvalue weighted by atomic mass is 35.5. The highest BCUT2D eigenvalue weighted by molar-refractivity contribution is 6.31. The molecule has 1 N–H and O–H groups in total. The van der Waals surface area contributed by atoms with Gasteiger partial charge >= 0.3 is 6.03 Å². The zero-order valence-corrected chi connectivity index (χ0v) is 18.0. The highest BCUT2D eigenvalue weighted by Gasteiger charge is 2.37. The van der Waals surface area contributed by atoms with Crippen LogP contribution in [0.1, 0.15) is 28.2 Å². The lowest BCUT2D eigenvalue weighted by molar-refractivity contribution is 0.0653. The third-order valence-corrected chi connectivity index (χ3v) is 6.67. The van der Waals surface area contributed by atoms with Crippen LogP contribution >= 0.6 is 11.6 Å². The van der Waals surface area contributed by atoms with E-state index in [-0.39, 0.29) is 23.0 Å². The molecule has 1 aromatic heterocycles. The van der Waals surface area contributed by atoms with Gasteiger partial charge in [-0.2, -0.15) is 5.10 Å². The average Bonchev–Trinajstić information content (AvgIpc) is 3.00. The van der Waals surface area contributed by atoms with Gasteiger partial charge in [0.05, 0.1) is 23.8 Å². The number of aromatic nitrogens is 2. The Hall–Kier alpha value is -2.65. The van der Waals surface area contributed by atoms with Gasteiger partial charge < -0.3 is 15.1 Å². The zero-order chi connectivity index (χ0) is 21.7. The molecular weight excluding hydrogens is 423 g/mol. The molecule has 1 fully saturated rings. The fourth-order valence-corrected chi connectivity index (χ4v) is 4.70. The first-order valence-electron chi connectivity index (χ1n) is 10.5. The first-order chi connectivity index (χ1) is 14.9. The van der Waals surface area contributed by atoms with E-state index < -0.39 is 5.82 Å². The monoisotopic (exact) mass is 446 g/mol. The molecule has 0 radical (unpaired) electrons. The van der Waals surface area contributed by atoms with E-state index in [0.29, 0.717) is 44.0 Å². The maximum absolute atomic E-state index is 13.4. The average molecular weight is 447 g/mol. The predicted octanol–water partition coefficient (Wildman–Crippen LogP) is 2.43. The lowest BCUT2D eigenvalue weighted by Crippen LogP contribution is -2.51. The number of halogens is 2. The summed E-state index contributed by atoms with van der Waals surface area (Å²) in [6, 6.07) is 4.00. The summed E-state index contributed by atoms with van der Waals surface area (Å²) in [5.74, 6) is -0.589. The molecule has 3 amide bonds. The second-order valence-electron chi connectivity index (χ2n) is 8.42. The summed E-state index contributed by atoms with van der Waals surface area (Å²) in [6.07, 6.45) is 1.78. The molecule has 0 bridgehead atoms. The molecule has 2 aromatic rings. The van der Waals surface area contributed by atoms with E-state index in [0.717, 1.165) is 24.3 Å². The Bertz CT molecular complexity index is 1050. The standard InChI is InChI=1S/C21H24ClFN6O2/c1-26-10-14(27-6-2-7-27)11-29-19(20(26)30)15-12-28(8-5-18(15)25-29)21(31)24-13-3-4-17(23)16(22)9-13/h3-4,9,14H,2,5-8,10-12H2,1H3,(H,24,31). The summed E-state index contributed by atoms with van der Waals surface area (Å²) in [5, 5.41) is 7.46. The molecular formula is C21H24ClFN6O2. The van der Waals surface area contributed by atoms with Crippen molar-refractivity contribution in [3.63, 3.8) is 0 Å². The maximum Gasteiger partial charge on any atom is 0.322 e. The number of amides is 3. The van der Waals surface area contributed by atoms with Gasteiger partial charge in [-0.05, 0) is 37.7 Å². The Balaban J connectivity index is 1.37. The molecule has 3 aliphatic rings. The zero-order valence-electron chi connectivity index (χ0n) is 17.3. The second kappa shape index (κ2) is 7.80. The molecule has 5 rings (SSSR count). The van der Waals surface area contributed by atoms with Gasteiger partial charge in [0.15, 0.2) is 0 Å². The van der Waals surface area contributed by atoms with Crippen molar-refractivity contribution in [2.45, 2.75) is 32.0 Å². The number of carbonyl (C=O) groups is 2. The fourth-order valence-electron chi connectivity index (χ4n) is 4.52. The number of likely N-dealkylation sites (N-methyl/N-ethyl adjacent to an activating group) is 1. The smallest absolute Gasteiger partial charge is 0.322 e.